The average molecular weight is 402 g/mol. The van der Waals surface area contributed by atoms with Gasteiger partial charge in [0.1, 0.15) is 5.75 Å². The Balaban J connectivity index is 1.34. The molecule has 1 fully saturated rings. The minimum atomic E-state index is 0.301. The molecular weight excluding hydrogens is 358 g/mol. The predicted octanol–water partition coefficient (Wildman–Crippen LogP) is 3.83. The van der Waals surface area contributed by atoms with Crippen molar-refractivity contribution < 1.29 is 4.74 Å². The van der Waals surface area contributed by atoms with Crippen LogP contribution in [0.5, 0.6) is 5.75 Å². The Morgan fingerprint density at radius 3 is 2.72 bits per heavy atom. The van der Waals surface area contributed by atoms with Gasteiger partial charge in [-0.3, -0.25) is 0 Å². The molecule has 1 saturated heterocycles. The van der Waals surface area contributed by atoms with E-state index in [1.807, 2.05) is 0 Å². The Morgan fingerprint density at radius 2 is 1.97 bits per heavy atom. The number of benzene rings is 1. The Morgan fingerprint density at radius 1 is 1.17 bits per heavy atom. The third kappa shape index (κ3) is 7.58. The minimum absolute atomic E-state index is 0.301. The van der Waals surface area contributed by atoms with E-state index >= 15 is 0 Å². The van der Waals surface area contributed by atoms with E-state index in [0.717, 1.165) is 44.3 Å². The molecule has 0 saturated carbocycles. The van der Waals surface area contributed by atoms with Crippen LogP contribution >= 0.6 is 0 Å². The first-order chi connectivity index (χ1) is 13.9. The molecule has 2 aliphatic rings. The normalized spacial score (nSPS) is 20.2. The number of likely N-dealkylation sites (tertiary alicyclic amines) is 1. The van der Waals surface area contributed by atoms with Crippen molar-refractivity contribution in [2.24, 2.45) is 11.3 Å². The van der Waals surface area contributed by atoms with Crippen LogP contribution in [0.4, 0.5) is 0 Å². The fourth-order valence-electron chi connectivity index (χ4n) is 5.11. The Kier molecular flexibility index (Phi) is 8.40. The quantitative estimate of drug-likeness (QED) is 0.570. The molecule has 0 bridgehead atoms. The minimum Gasteiger partial charge on any atom is -0.494 e. The van der Waals surface area contributed by atoms with E-state index in [1.54, 1.807) is 5.56 Å². The number of fused-ring (bicyclic) bond motifs is 1. The summed E-state index contributed by atoms with van der Waals surface area (Å²) < 4.78 is 6.05. The van der Waals surface area contributed by atoms with Crippen LogP contribution in [0.15, 0.2) is 18.2 Å². The zero-order valence-corrected chi connectivity index (χ0v) is 19.3. The van der Waals surface area contributed by atoms with Gasteiger partial charge in [0.05, 0.1) is 6.61 Å². The summed E-state index contributed by atoms with van der Waals surface area (Å²) in [5.74, 6) is 1.89. The van der Waals surface area contributed by atoms with Crippen molar-refractivity contribution in [2.45, 2.75) is 52.4 Å². The highest BCUT2D eigenvalue weighted by Gasteiger charge is 2.23. The number of hydrogen-bond donors (Lipinski definition) is 1. The van der Waals surface area contributed by atoms with Gasteiger partial charge in [-0.05, 0) is 107 Å². The summed E-state index contributed by atoms with van der Waals surface area (Å²) in [6.07, 6.45) is 7.64. The molecule has 1 unspecified atom stereocenters. The number of rotatable bonds is 11. The van der Waals surface area contributed by atoms with Gasteiger partial charge in [-0.25, -0.2) is 0 Å². The average Bonchev–Trinajstić information content (AvgIpc) is 3.16. The van der Waals surface area contributed by atoms with E-state index in [9.17, 15) is 0 Å². The number of hydrogen-bond acceptors (Lipinski definition) is 4. The van der Waals surface area contributed by atoms with Crippen molar-refractivity contribution in [3.63, 3.8) is 0 Å². The molecule has 1 aliphatic carbocycles. The SMILES string of the molecule is CN(C)CC(C)(C)CNCCCOc1ccc2c(c1)CCC(CN1CCCC1)C2. The first-order valence-corrected chi connectivity index (χ1v) is 11.7. The van der Waals surface area contributed by atoms with Crippen LogP contribution < -0.4 is 10.1 Å². The third-order valence-corrected chi connectivity index (χ3v) is 6.34. The van der Waals surface area contributed by atoms with Gasteiger partial charge < -0.3 is 19.9 Å². The molecule has 0 amide bonds. The van der Waals surface area contributed by atoms with Gasteiger partial charge >= 0.3 is 0 Å². The molecule has 164 valence electrons. The lowest BCUT2D eigenvalue weighted by Gasteiger charge is -2.29. The molecule has 0 aromatic heterocycles. The lowest BCUT2D eigenvalue weighted by Crippen LogP contribution is -2.38. The van der Waals surface area contributed by atoms with Gasteiger partial charge in [0, 0.05) is 19.6 Å². The van der Waals surface area contributed by atoms with Gasteiger partial charge in [0.25, 0.3) is 0 Å². The zero-order chi connectivity index (χ0) is 20.7. The molecular formula is C25H43N3O. The Hall–Kier alpha value is -1.10. The molecule has 0 spiro atoms. The molecule has 1 aromatic carbocycles. The Labute approximate surface area is 179 Å². The molecule has 1 aromatic rings. The summed E-state index contributed by atoms with van der Waals surface area (Å²) >= 11 is 0. The fourth-order valence-corrected chi connectivity index (χ4v) is 5.11. The number of ether oxygens (including phenoxy) is 1. The monoisotopic (exact) mass is 401 g/mol. The summed E-state index contributed by atoms with van der Waals surface area (Å²) in [5.41, 5.74) is 3.37. The second kappa shape index (κ2) is 10.8. The van der Waals surface area contributed by atoms with Gasteiger partial charge in [0.15, 0.2) is 0 Å². The summed E-state index contributed by atoms with van der Waals surface area (Å²) in [6, 6.07) is 6.81. The van der Waals surface area contributed by atoms with Crippen LogP contribution in [-0.4, -0.2) is 69.8 Å². The molecule has 1 aliphatic heterocycles. The van der Waals surface area contributed by atoms with E-state index in [1.165, 1.54) is 57.3 Å². The number of nitrogens with one attached hydrogen (secondary N) is 1. The lowest BCUT2D eigenvalue weighted by atomic mass is 9.83. The highest BCUT2D eigenvalue weighted by Crippen LogP contribution is 2.29. The Bertz CT molecular complexity index is 622. The first kappa shape index (κ1) is 22.6. The second-order valence-corrected chi connectivity index (χ2v) is 10.3. The van der Waals surface area contributed by atoms with Crippen molar-refractivity contribution in [3.8, 4) is 5.75 Å². The summed E-state index contributed by atoms with van der Waals surface area (Å²) in [7, 11) is 4.28. The number of aryl methyl sites for hydroxylation is 1. The first-order valence-electron chi connectivity index (χ1n) is 11.7. The van der Waals surface area contributed by atoms with E-state index in [4.69, 9.17) is 4.74 Å². The molecule has 3 rings (SSSR count). The zero-order valence-electron chi connectivity index (χ0n) is 19.3. The van der Waals surface area contributed by atoms with Gasteiger partial charge in [-0.15, -0.1) is 0 Å². The predicted molar refractivity (Wildman–Crippen MR) is 123 cm³/mol. The van der Waals surface area contributed by atoms with Crippen molar-refractivity contribution in [1.82, 2.24) is 15.1 Å². The molecule has 0 radical (unpaired) electrons. The largest absolute Gasteiger partial charge is 0.494 e. The van der Waals surface area contributed by atoms with Crippen molar-refractivity contribution in [2.75, 3.05) is 60.0 Å². The maximum absolute atomic E-state index is 6.05. The van der Waals surface area contributed by atoms with Crippen LogP contribution in [0.2, 0.25) is 0 Å². The van der Waals surface area contributed by atoms with Crippen LogP contribution in [0.1, 0.15) is 50.7 Å². The van der Waals surface area contributed by atoms with Gasteiger partial charge in [0.2, 0.25) is 0 Å². The highest BCUT2D eigenvalue weighted by molar-refractivity contribution is 5.37. The van der Waals surface area contributed by atoms with E-state index in [0.29, 0.717) is 5.41 Å². The molecule has 1 atom stereocenters. The summed E-state index contributed by atoms with van der Waals surface area (Å²) in [5, 5.41) is 3.59. The molecule has 4 heteroatoms. The van der Waals surface area contributed by atoms with Gasteiger partial charge in [-0.2, -0.15) is 0 Å². The van der Waals surface area contributed by atoms with Crippen molar-refractivity contribution >= 4 is 0 Å². The van der Waals surface area contributed by atoms with E-state index in [-0.39, 0.29) is 0 Å². The van der Waals surface area contributed by atoms with E-state index in [2.05, 4.69) is 61.3 Å². The van der Waals surface area contributed by atoms with E-state index < -0.39 is 0 Å². The highest BCUT2D eigenvalue weighted by atomic mass is 16.5. The van der Waals surface area contributed by atoms with Crippen molar-refractivity contribution in [1.29, 1.82) is 0 Å². The molecule has 4 nitrogen and oxygen atoms in total. The van der Waals surface area contributed by atoms with Gasteiger partial charge in [-0.1, -0.05) is 19.9 Å². The molecule has 1 N–H and O–H groups in total. The summed E-state index contributed by atoms with van der Waals surface area (Å²) in [6.45, 7) is 12.5. The van der Waals surface area contributed by atoms with Crippen LogP contribution in [0.3, 0.4) is 0 Å². The smallest absolute Gasteiger partial charge is 0.119 e. The topological polar surface area (TPSA) is 27.7 Å². The second-order valence-electron chi connectivity index (χ2n) is 10.3. The van der Waals surface area contributed by atoms with Crippen molar-refractivity contribution in [3.05, 3.63) is 29.3 Å². The lowest BCUT2D eigenvalue weighted by molar-refractivity contribution is 0.229. The van der Waals surface area contributed by atoms with Crippen LogP contribution in [-0.2, 0) is 12.8 Å². The van der Waals surface area contributed by atoms with Crippen LogP contribution in [0, 0.1) is 11.3 Å². The number of nitrogens with zero attached hydrogens (tertiary/aromatic N) is 2. The third-order valence-electron chi connectivity index (χ3n) is 6.34. The standard InChI is InChI=1S/C25H43N3O/c1-25(2,20-27(3)4)19-26-12-7-15-29-24-11-10-22-16-21(8-9-23(22)17-24)18-28-13-5-6-14-28/h10-11,17,21,26H,5-9,12-16,18-20H2,1-4H3. The maximum atomic E-state index is 6.05. The fraction of sp³-hybridized carbons (Fsp3) is 0.760. The maximum Gasteiger partial charge on any atom is 0.119 e. The molecule has 29 heavy (non-hydrogen) atoms. The van der Waals surface area contributed by atoms with Crippen LogP contribution in [0.25, 0.3) is 0 Å². The molecule has 1 heterocycles. The summed E-state index contributed by atoms with van der Waals surface area (Å²) in [4.78, 5) is 4.93.